The summed E-state index contributed by atoms with van der Waals surface area (Å²) >= 11 is 0. The third-order valence-corrected chi connectivity index (χ3v) is 3.21. The number of fused-ring (bicyclic) bond motifs is 1. The van der Waals surface area contributed by atoms with Gasteiger partial charge in [0.25, 0.3) is 0 Å². The van der Waals surface area contributed by atoms with Crippen molar-refractivity contribution in [2.45, 2.75) is 26.3 Å². The third-order valence-electron chi connectivity index (χ3n) is 3.21. The quantitative estimate of drug-likeness (QED) is 0.853. The largest absolute Gasteiger partial charge is 0.486 e. The minimum absolute atomic E-state index is 0.0154. The van der Waals surface area contributed by atoms with Gasteiger partial charge in [0.1, 0.15) is 13.2 Å². The molecule has 1 aliphatic rings. The smallest absolute Gasteiger partial charge is 0.166 e. The highest BCUT2D eigenvalue weighted by Gasteiger charge is 2.22. The standard InChI is InChI=1S/C13H19NO2/c1-3-9(2)12(14)10-5-4-6-11-13(10)16-8-7-15-11/h4-6,9,12H,3,7-8,14H2,1-2H3/t9?,12-/m0/s1. The van der Waals surface area contributed by atoms with Crippen molar-refractivity contribution in [1.29, 1.82) is 0 Å². The van der Waals surface area contributed by atoms with E-state index in [9.17, 15) is 0 Å². The Bertz CT molecular complexity index is 365. The molecule has 2 rings (SSSR count). The van der Waals surface area contributed by atoms with Gasteiger partial charge in [0, 0.05) is 11.6 Å². The third kappa shape index (κ3) is 2.00. The lowest BCUT2D eigenvalue weighted by molar-refractivity contribution is 0.168. The summed E-state index contributed by atoms with van der Waals surface area (Å²) in [5.74, 6) is 2.10. The molecule has 0 aliphatic carbocycles. The first kappa shape index (κ1) is 11.3. The molecule has 0 amide bonds. The summed E-state index contributed by atoms with van der Waals surface area (Å²) in [4.78, 5) is 0. The van der Waals surface area contributed by atoms with Crippen LogP contribution in [0.1, 0.15) is 31.9 Å². The van der Waals surface area contributed by atoms with Crippen LogP contribution in [-0.4, -0.2) is 13.2 Å². The maximum Gasteiger partial charge on any atom is 0.166 e. The lowest BCUT2D eigenvalue weighted by Gasteiger charge is -2.25. The highest BCUT2D eigenvalue weighted by atomic mass is 16.6. The van der Waals surface area contributed by atoms with E-state index in [0.717, 1.165) is 23.5 Å². The number of rotatable bonds is 3. The van der Waals surface area contributed by atoms with Gasteiger partial charge in [0.15, 0.2) is 11.5 Å². The van der Waals surface area contributed by atoms with Gasteiger partial charge >= 0.3 is 0 Å². The summed E-state index contributed by atoms with van der Waals surface area (Å²) in [5, 5.41) is 0. The zero-order valence-corrected chi connectivity index (χ0v) is 9.90. The summed E-state index contributed by atoms with van der Waals surface area (Å²) < 4.78 is 11.2. The second-order valence-electron chi connectivity index (χ2n) is 4.28. The number of ether oxygens (including phenoxy) is 2. The Morgan fingerprint density at radius 1 is 1.31 bits per heavy atom. The van der Waals surface area contributed by atoms with Gasteiger partial charge in [-0.15, -0.1) is 0 Å². The van der Waals surface area contributed by atoms with Crippen LogP contribution in [0.25, 0.3) is 0 Å². The normalized spacial score (nSPS) is 17.9. The molecule has 0 aromatic heterocycles. The number of benzene rings is 1. The highest BCUT2D eigenvalue weighted by Crippen LogP contribution is 2.38. The Hall–Kier alpha value is -1.22. The molecule has 1 heterocycles. The van der Waals surface area contributed by atoms with Crippen molar-refractivity contribution in [3.05, 3.63) is 23.8 Å². The Labute approximate surface area is 96.5 Å². The monoisotopic (exact) mass is 221 g/mol. The van der Waals surface area contributed by atoms with E-state index in [4.69, 9.17) is 15.2 Å². The molecule has 1 unspecified atom stereocenters. The molecule has 0 saturated heterocycles. The molecule has 0 bridgehead atoms. The molecule has 3 nitrogen and oxygen atoms in total. The van der Waals surface area contributed by atoms with E-state index in [0.29, 0.717) is 19.1 Å². The van der Waals surface area contributed by atoms with Crippen LogP contribution < -0.4 is 15.2 Å². The number of hydrogen-bond donors (Lipinski definition) is 1. The topological polar surface area (TPSA) is 44.5 Å². The van der Waals surface area contributed by atoms with Crippen molar-refractivity contribution < 1.29 is 9.47 Å². The fourth-order valence-corrected chi connectivity index (χ4v) is 1.92. The van der Waals surface area contributed by atoms with Gasteiger partial charge in [-0.3, -0.25) is 0 Å². The first-order valence-electron chi connectivity index (χ1n) is 5.88. The predicted octanol–water partition coefficient (Wildman–Crippen LogP) is 2.50. The molecule has 16 heavy (non-hydrogen) atoms. The molecule has 2 atom stereocenters. The van der Waals surface area contributed by atoms with Crippen molar-refractivity contribution in [3.63, 3.8) is 0 Å². The van der Waals surface area contributed by atoms with Crippen molar-refractivity contribution in [1.82, 2.24) is 0 Å². The van der Waals surface area contributed by atoms with Crippen LogP contribution in [0.5, 0.6) is 11.5 Å². The molecule has 0 radical (unpaired) electrons. The molecular weight excluding hydrogens is 202 g/mol. The van der Waals surface area contributed by atoms with Crippen LogP contribution in [0.15, 0.2) is 18.2 Å². The summed E-state index contributed by atoms with van der Waals surface area (Å²) in [6.45, 7) is 5.54. The zero-order valence-electron chi connectivity index (χ0n) is 9.90. The van der Waals surface area contributed by atoms with E-state index in [1.165, 1.54) is 0 Å². The minimum atomic E-state index is 0.0154. The van der Waals surface area contributed by atoms with Crippen LogP contribution in [0.4, 0.5) is 0 Å². The van der Waals surface area contributed by atoms with Gasteiger partial charge in [-0.25, -0.2) is 0 Å². The fourth-order valence-electron chi connectivity index (χ4n) is 1.92. The average Bonchev–Trinajstić information content (AvgIpc) is 2.36. The van der Waals surface area contributed by atoms with Crippen molar-refractivity contribution >= 4 is 0 Å². The molecule has 1 aromatic rings. The Morgan fingerprint density at radius 3 is 2.81 bits per heavy atom. The first-order chi connectivity index (χ1) is 7.74. The van der Waals surface area contributed by atoms with Gasteiger partial charge in [-0.2, -0.15) is 0 Å². The maximum absolute atomic E-state index is 6.24. The zero-order chi connectivity index (χ0) is 11.5. The van der Waals surface area contributed by atoms with E-state index < -0.39 is 0 Å². The van der Waals surface area contributed by atoms with Gasteiger partial charge in [0.05, 0.1) is 0 Å². The van der Waals surface area contributed by atoms with Crippen LogP contribution in [0, 0.1) is 5.92 Å². The Kier molecular flexibility index (Phi) is 3.34. The SMILES string of the molecule is CCC(C)[C@H](N)c1cccc2c1OCCO2. The Morgan fingerprint density at radius 2 is 2.06 bits per heavy atom. The summed E-state index contributed by atoms with van der Waals surface area (Å²) in [5.41, 5.74) is 7.30. The molecule has 0 spiro atoms. The second-order valence-corrected chi connectivity index (χ2v) is 4.28. The Balaban J connectivity index is 2.33. The van der Waals surface area contributed by atoms with Gasteiger partial charge in [-0.05, 0) is 12.0 Å². The van der Waals surface area contributed by atoms with Crippen LogP contribution >= 0.6 is 0 Å². The number of hydrogen-bond acceptors (Lipinski definition) is 3. The molecule has 0 fully saturated rings. The van der Waals surface area contributed by atoms with Crippen molar-refractivity contribution in [3.8, 4) is 11.5 Å². The lowest BCUT2D eigenvalue weighted by atomic mass is 9.92. The minimum Gasteiger partial charge on any atom is -0.486 e. The van der Waals surface area contributed by atoms with Crippen LogP contribution in [0.3, 0.4) is 0 Å². The molecule has 88 valence electrons. The lowest BCUT2D eigenvalue weighted by Crippen LogP contribution is -2.22. The van der Waals surface area contributed by atoms with Crippen molar-refractivity contribution in [2.75, 3.05) is 13.2 Å². The average molecular weight is 221 g/mol. The van der Waals surface area contributed by atoms with E-state index in [-0.39, 0.29) is 6.04 Å². The highest BCUT2D eigenvalue weighted by molar-refractivity contribution is 5.48. The second kappa shape index (κ2) is 4.74. The maximum atomic E-state index is 6.24. The summed E-state index contributed by atoms with van der Waals surface area (Å²) in [6, 6.07) is 5.96. The number of para-hydroxylation sites is 1. The van der Waals surface area contributed by atoms with E-state index in [1.54, 1.807) is 0 Å². The number of nitrogens with two attached hydrogens (primary N) is 1. The molecule has 2 N–H and O–H groups in total. The van der Waals surface area contributed by atoms with Gasteiger partial charge in [-0.1, -0.05) is 32.4 Å². The molecule has 1 aromatic carbocycles. The van der Waals surface area contributed by atoms with Crippen molar-refractivity contribution in [2.24, 2.45) is 11.7 Å². The van der Waals surface area contributed by atoms with Gasteiger partial charge in [0.2, 0.25) is 0 Å². The fraction of sp³-hybridized carbons (Fsp3) is 0.538. The van der Waals surface area contributed by atoms with Crippen LogP contribution in [-0.2, 0) is 0 Å². The molecule has 1 aliphatic heterocycles. The molecule has 0 saturated carbocycles. The summed E-state index contributed by atoms with van der Waals surface area (Å²) in [7, 11) is 0. The summed E-state index contributed by atoms with van der Waals surface area (Å²) in [6.07, 6.45) is 1.06. The van der Waals surface area contributed by atoms with E-state index in [1.807, 2.05) is 18.2 Å². The van der Waals surface area contributed by atoms with E-state index in [2.05, 4.69) is 13.8 Å². The van der Waals surface area contributed by atoms with E-state index >= 15 is 0 Å². The first-order valence-corrected chi connectivity index (χ1v) is 5.88. The van der Waals surface area contributed by atoms with Crippen LogP contribution in [0.2, 0.25) is 0 Å². The molecule has 3 heteroatoms. The molecular formula is C13H19NO2. The van der Waals surface area contributed by atoms with Gasteiger partial charge < -0.3 is 15.2 Å². The predicted molar refractivity (Wildman–Crippen MR) is 63.8 cm³/mol.